The lowest BCUT2D eigenvalue weighted by Gasteiger charge is -2.28. The molecular weight excluding hydrogens is 244 g/mol. The maximum Gasteiger partial charge on any atom is 0.218 e. The van der Waals surface area contributed by atoms with Crippen LogP contribution in [0.5, 0.6) is 0 Å². The lowest BCUT2D eigenvalue weighted by molar-refractivity contribution is 0.297. The summed E-state index contributed by atoms with van der Waals surface area (Å²) in [6.45, 7) is 2.22. The van der Waals surface area contributed by atoms with Crippen LogP contribution in [0.4, 0.5) is 8.78 Å². The van der Waals surface area contributed by atoms with Gasteiger partial charge in [-0.1, -0.05) is 32.6 Å². The molecule has 0 N–H and O–H groups in total. The lowest BCUT2D eigenvalue weighted by atomic mass is 9.77. The summed E-state index contributed by atoms with van der Waals surface area (Å²) in [6, 6.07) is 2.84. The van der Waals surface area contributed by atoms with Crippen molar-refractivity contribution in [2.75, 3.05) is 0 Å². The molecule has 0 radical (unpaired) electrons. The maximum absolute atomic E-state index is 13.6. The molecule has 0 aromatic carbocycles. The van der Waals surface area contributed by atoms with Crippen molar-refractivity contribution in [2.24, 2.45) is 5.92 Å². The molecule has 0 aliphatic heterocycles. The fourth-order valence-electron chi connectivity index (χ4n) is 3.17. The number of nitrogens with zero attached hydrogens (tertiary/aromatic N) is 1. The predicted octanol–water partition coefficient (Wildman–Crippen LogP) is 5.21. The normalized spacial score (nSPS) is 23.5. The summed E-state index contributed by atoms with van der Waals surface area (Å²) in [5, 5.41) is 0. The number of halogens is 2. The van der Waals surface area contributed by atoms with Crippen LogP contribution in [-0.2, 0) is 0 Å². The summed E-state index contributed by atoms with van der Waals surface area (Å²) in [7, 11) is 0. The summed E-state index contributed by atoms with van der Waals surface area (Å²) in [5.74, 6) is -0.307. The molecule has 2 rings (SSSR count). The van der Waals surface area contributed by atoms with Gasteiger partial charge in [0.2, 0.25) is 11.9 Å². The number of hydrogen-bond acceptors (Lipinski definition) is 1. The fourth-order valence-corrected chi connectivity index (χ4v) is 3.17. The smallest absolute Gasteiger partial charge is 0.190 e. The average molecular weight is 267 g/mol. The quantitative estimate of drug-likeness (QED) is 0.527. The summed E-state index contributed by atoms with van der Waals surface area (Å²) >= 11 is 0. The molecule has 1 fully saturated rings. The molecule has 1 aromatic rings. The topological polar surface area (TPSA) is 12.9 Å². The van der Waals surface area contributed by atoms with E-state index in [1.807, 2.05) is 0 Å². The van der Waals surface area contributed by atoms with E-state index >= 15 is 0 Å². The SMILES string of the molecule is CCCCC[C@H]1CC[C@H](c2ccc(F)nc2F)CC1. The highest BCUT2D eigenvalue weighted by atomic mass is 19.1. The molecule has 3 heteroatoms. The average Bonchev–Trinajstić information content (AvgIpc) is 2.40. The van der Waals surface area contributed by atoms with Gasteiger partial charge >= 0.3 is 0 Å². The molecule has 0 atom stereocenters. The van der Waals surface area contributed by atoms with Crippen LogP contribution < -0.4 is 0 Å². The van der Waals surface area contributed by atoms with E-state index in [1.165, 1.54) is 44.6 Å². The molecule has 106 valence electrons. The second-order valence-corrected chi connectivity index (χ2v) is 5.73. The van der Waals surface area contributed by atoms with Gasteiger partial charge < -0.3 is 0 Å². The Balaban J connectivity index is 1.85. The van der Waals surface area contributed by atoms with E-state index in [0.29, 0.717) is 5.56 Å². The molecular formula is C16H23F2N. The van der Waals surface area contributed by atoms with Crippen molar-refractivity contribution < 1.29 is 8.78 Å². The van der Waals surface area contributed by atoms with Gasteiger partial charge in [0, 0.05) is 5.56 Å². The van der Waals surface area contributed by atoms with Gasteiger partial charge in [-0.2, -0.15) is 13.8 Å². The van der Waals surface area contributed by atoms with Gasteiger partial charge in [0.1, 0.15) is 0 Å². The van der Waals surface area contributed by atoms with Crippen LogP contribution in [0.2, 0.25) is 0 Å². The first-order valence-corrected chi connectivity index (χ1v) is 7.52. The minimum absolute atomic E-state index is 0.232. The second-order valence-electron chi connectivity index (χ2n) is 5.73. The minimum atomic E-state index is -0.727. The molecule has 1 aromatic heterocycles. The van der Waals surface area contributed by atoms with Crippen molar-refractivity contribution in [1.82, 2.24) is 4.98 Å². The van der Waals surface area contributed by atoms with Gasteiger partial charge in [-0.15, -0.1) is 0 Å². The molecule has 0 amide bonds. The zero-order chi connectivity index (χ0) is 13.7. The Kier molecular flexibility index (Phi) is 5.29. The van der Waals surface area contributed by atoms with Crippen molar-refractivity contribution in [1.29, 1.82) is 0 Å². The fraction of sp³-hybridized carbons (Fsp3) is 0.688. The van der Waals surface area contributed by atoms with Crippen LogP contribution >= 0.6 is 0 Å². The third kappa shape index (κ3) is 3.99. The third-order valence-corrected chi connectivity index (χ3v) is 4.35. The first-order chi connectivity index (χ1) is 9.20. The summed E-state index contributed by atoms with van der Waals surface area (Å²) in [6.07, 6.45) is 9.58. The van der Waals surface area contributed by atoms with Gasteiger partial charge in [0.25, 0.3) is 0 Å². The molecule has 1 saturated carbocycles. The highest BCUT2D eigenvalue weighted by Gasteiger charge is 2.24. The van der Waals surface area contributed by atoms with Gasteiger partial charge in [-0.3, -0.25) is 0 Å². The molecule has 19 heavy (non-hydrogen) atoms. The summed E-state index contributed by atoms with van der Waals surface area (Å²) in [4.78, 5) is 3.30. The van der Waals surface area contributed by atoms with Crippen LogP contribution in [0.15, 0.2) is 12.1 Å². The van der Waals surface area contributed by atoms with Crippen molar-refractivity contribution in [3.05, 3.63) is 29.6 Å². The van der Waals surface area contributed by atoms with Crippen molar-refractivity contribution in [3.63, 3.8) is 0 Å². The Labute approximate surface area is 114 Å². The molecule has 0 unspecified atom stereocenters. The Morgan fingerprint density at radius 2 is 1.84 bits per heavy atom. The highest BCUT2D eigenvalue weighted by molar-refractivity contribution is 5.17. The van der Waals surface area contributed by atoms with Crippen molar-refractivity contribution in [2.45, 2.75) is 64.2 Å². The number of hydrogen-bond donors (Lipinski definition) is 0. The highest BCUT2D eigenvalue weighted by Crippen LogP contribution is 2.38. The Bertz CT molecular complexity index is 398. The monoisotopic (exact) mass is 267 g/mol. The molecule has 0 saturated heterocycles. The van der Waals surface area contributed by atoms with Crippen LogP contribution in [0.3, 0.4) is 0 Å². The van der Waals surface area contributed by atoms with Gasteiger partial charge in [-0.25, -0.2) is 0 Å². The molecule has 0 spiro atoms. The standard InChI is InChI=1S/C16H23F2N/c1-2-3-4-5-12-6-8-13(9-7-12)14-10-11-15(17)19-16(14)18/h10-13H,2-9H2,1H3/t12-,13-. The third-order valence-electron chi connectivity index (χ3n) is 4.35. The van der Waals surface area contributed by atoms with E-state index in [-0.39, 0.29) is 5.92 Å². The molecule has 0 bridgehead atoms. The van der Waals surface area contributed by atoms with Crippen LogP contribution in [-0.4, -0.2) is 4.98 Å². The first kappa shape index (κ1) is 14.4. The number of aromatic nitrogens is 1. The summed E-state index contributed by atoms with van der Waals surface area (Å²) < 4.78 is 26.4. The van der Waals surface area contributed by atoms with Crippen LogP contribution in [0, 0.1) is 17.8 Å². The van der Waals surface area contributed by atoms with E-state index in [2.05, 4.69) is 11.9 Å². The Morgan fingerprint density at radius 3 is 2.47 bits per heavy atom. The summed E-state index contributed by atoms with van der Waals surface area (Å²) in [5.41, 5.74) is 0.605. The number of rotatable bonds is 5. The maximum atomic E-state index is 13.6. The van der Waals surface area contributed by atoms with E-state index in [0.717, 1.165) is 18.8 Å². The van der Waals surface area contributed by atoms with E-state index in [9.17, 15) is 8.78 Å². The number of unbranched alkanes of at least 4 members (excludes halogenated alkanes) is 2. The molecule has 1 heterocycles. The Hall–Kier alpha value is -0.990. The molecule has 1 aliphatic carbocycles. The van der Waals surface area contributed by atoms with Crippen LogP contribution in [0.25, 0.3) is 0 Å². The molecule has 1 aliphatic rings. The van der Waals surface area contributed by atoms with Crippen LogP contribution in [0.1, 0.15) is 69.8 Å². The number of pyridine rings is 1. The lowest BCUT2D eigenvalue weighted by Crippen LogP contribution is -2.15. The van der Waals surface area contributed by atoms with Gasteiger partial charge in [0.15, 0.2) is 0 Å². The van der Waals surface area contributed by atoms with Gasteiger partial charge in [0.05, 0.1) is 0 Å². The van der Waals surface area contributed by atoms with E-state index in [1.54, 1.807) is 6.07 Å². The first-order valence-electron chi connectivity index (χ1n) is 7.52. The largest absolute Gasteiger partial charge is 0.218 e. The second kappa shape index (κ2) is 6.97. The Morgan fingerprint density at radius 1 is 1.11 bits per heavy atom. The van der Waals surface area contributed by atoms with E-state index < -0.39 is 11.9 Å². The minimum Gasteiger partial charge on any atom is -0.190 e. The van der Waals surface area contributed by atoms with Gasteiger partial charge in [-0.05, 0) is 49.7 Å². The van der Waals surface area contributed by atoms with Crippen molar-refractivity contribution >= 4 is 0 Å². The molecule has 1 nitrogen and oxygen atoms in total. The van der Waals surface area contributed by atoms with E-state index in [4.69, 9.17) is 0 Å². The zero-order valence-corrected chi connectivity index (χ0v) is 11.7. The predicted molar refractivity (Wildman–Crippen MR) is 73.0 cm³/mol. The zero-order valence-electron chi connectivity index (χ0n) is 11.7. The van der Waals surface area contributed by atoms with Crippen molar-refractivity contribution in [3.8, 4) is 0 Å².